The quantitative estimate of drug-likeness (QED) is 0.871. The predicted molar refractivity (Wildman–Crippen MR) is 66.9 cm³/mol. The van der Waals surface area contributed by atoms with Crippen LogP contribution in [0.15, 0.2) is 17.5 Å². The van der Waals surface area contributed by atoms with E-state index in [2.05, 4.69) is 17.3 Å². The third-order valence-corrected chi connectivity index (χ3v) is 4.00. The highest BCUT2D eigenvalue weighted by Crippen LogP contribution is 2.15. The van der Waals surface area contributed by atoms with E-state index in [4.69, 9.17) is 0 Å². The zero-order chi connectivity index (χ0) is 11.4. The second-order valence-electron chi connectivity index (χ2n) is 4.43. The molecule has 1 aromatic heterocycles. The van der Waals surface area contributed by atoms with Gasteiger partial charge in [0.2, 0.25) is 0 Å². The number of rotatable bonds is 3. The van der Waals surface area contributed by atoms with Crippen LogP contribution < -0.4 is 5.32 Å². The molecule has 16 heavy (non-hydrogen) atoms. The Kier molecular flexibility index (Phi) is 3.96. The van der Waals surface area contributed by atoms with E-state index in [1.165, 1.54) is 24.2 Å². The fourth-order valence-electron chi connectivity index (χ4n) is 2.00. The molecule has 0 aromatic carbocycles. The van der Waals surface area contributed by atoms with E-state index in [0.29, 0.717) is 5.92 Å². The van der Waals surface area contributed by atoms with Crippen molar-refractivity contribution in [2.24, 2.45) is 5.92 Å². The van der Waals surface area contributed by atoms with Crippen molar-refractivity contribution in [3.8, 4) is 0 Å². The lowest BCUT2D eigenvalue weighted by Gasteiger charge is -2.28. The molecule has 1 amide bonds. The van der Waals surface area contributed by atoms with Crippen LogP contribution >= 0.6 is 11.3 Å². The van der Waals surface area contributed by atoms with Crippen molar-refractivity contribution in [1.82, 2.24) is 10.2 Å². The maximum Gasteiger partial charge on any atom is 0.261 e. The van der Waals surface area contributed by atoms with Gasteiger partial charge in [0.15, 0.2) is 0 Å². The Morgan fingerprint density at radius 3 is 2.94 bits per heavy atom. The van der Waals surface area contributed by atoms with Crippen molar-refractivity contribution in [2.45, 2.75) is 12.8 Å². The Labute approximate surface area is 100 Å². The smallest absolute Gasteiger partial charge is 0.261 e. The van der Waals surface area contributed by atoms with E-state index in [9.17, 15) is 4.79 Å². The van der Waals surface area contributed by atoms with Gasteiger partial charge in [0.25, 0.3) is 5.91 Å². The number of likely N-dealkylation sites (tertiary alicyclic amines) is 1. The molecule has 0 spiro atoms. The Morgan fingerprint density at radius 1 is 1.56 bits per heavy atom. The number of hydrogen-bond donors (Lipinski definition) is 1. The number of hydrogen-bond acceptors (Lipinski definition) is 3. The Balaban J connectivity index is 1.73. The van der Waals surface area contributed by atoms with Gasteiger partial charge in [-0.1, -0.05) is 6.07 Å². The number of carbonyl (C=O) groups is 1. The summed E-state index contributed by atoms with van der Waals surface area (Å²) < 4.78 is 0. The standard InChI is InChI=1S/C12H18N2OS/c1-14-6-4-10(5-7-14)9-13-12(15)11-3-2-8-16-11/h2-3,8,10H,4-7,9H2,1H3,(H,13,15). The summed E-state index contributed by atoms with van der Waals surface area (Å²) in [6, 6.07) is 3.78. The minimum atomic E-state index is 0.0777. The van der Waals surface area contributed by atoms with Gasteiger partial charge in [-0.25, -0.2) is 0 Å². The minimum Gasteiger partial charge on any atom is -0.351 e. The third kappa shape index (κ3) is 3.06. The van der Waals surface area contributed by atoms with Gasteiger partial charge in [-0.2, -0.15) is 0 Å². The van der Waals surface area contributed by atoms with Gasteiger partial charge in [-0.05, 0) is 50.3 Å². The highest BCUT2D eigenvalue weighted by Gasteiger charge is 2.17. The topological polar surface area (TPSA) is 32.3 Å². The van der Waals surface area contributed by atoms with Crippen LogP contribution in [0.2, 0.25) is 0 Å². The molecule has 1 saturated heterocycles. The van der Waals surface area contributed by atoms with Crippen LogP contribution in [-0.4, -0.2) is 37.5 Å². The van der Waals surface area contributed by atoms with Gasteiger partial charge < -0.3 is 10.2 Å². The molecule has 1 N–H and O–H groups in total. The molecule has 0 bridgehead atoms. The molecule has 2 rings (SSSR count). The van der Waals surface area contributed by atoms with Gasteiger partial charge in [-0.3, -0.25) is 4.79 Å². The lowest BCUT2D eigenvalue weighted by Crippen LogP contribution is -2.36. The van der Waals surface area contributed by atoms with Crippen molar-refractivity contribution < 1.29 is 4.79 Å². The summed E-state index contributed by atoms with van der Waals surface area (Å²) in [4.78, 5) is 14.9. The average molecular weight is 238 g/mol. The van der Waals surface area contributed by atoms with Crippen LogP contribution in [0.25, 0.3) is 0 Å². The maximum atomic E-state index is 11.7. The van der Waals surface area contributed by atoms with Crippen LogP contribution in [0, 0.1) is 5.92 Å². The van der Waals surface area contributed by atoms with Crippen molar-refractivity contribution in [3.63, 3.8) is 0 Å². The number of amides is 1. The molecular formula is C12H18N2OS. The molecule has 1 aromatic rings. The lowest BCUT2D eigenvalue weighted by molar-refractivity contribution is 0.0943. The van der Waals surface area contributed by atoms with Gasteiger partial charge in [-0.15, -0.1) is 11.3 Å². The van der Waals surface area contributed by atoms with Crippen LogP contribution in [0.1, 0.15) is 22.5 Å². The first kappa shape index (κ1) is 11.6. The summed E-state index contributed by atoms with van der Waals surface area (Å²) in [5.74, 6) is 0.731. The van der Waals surface area contributed by atoms with E-state index in [1.807, 2.05) is 17.5 Å². The number of carbonyl (C=O) groups excluding carboxylic acids is 1. The lowest BCUT2D eigenvalue weighted by atomic mass is 9.97. The van der Waals surface area contributed by atoms with Crippen molar-refractivity contribution >= 4 is 17.2 Å². The maximum absolute atomic E-state index is 11.7. The van der Waals surface area contributed by atoms with Crippen molar-refractivity contribution in [1.29, 1.82) is 0 Å². The second-order valence-corrected chi connectivity index (χ2v) is 5.38. The summed E-state index contributed by atoms with van der Waals surface area (Å²) in [7, 11) is 2.15. The highest BCUT2D eigenvalue weighted by atomic mass is 32.1. The zero-order valence-electron chi connectivity index (χ0n) is 9.61. The van der Waals surface area contributed by atoms with E-state index in [0.717, 1.165) is 24.5 Å². The second kappa shape index (κ2) is 5.46. The molecule has 0 radical (unpaired) electrons. The molecule has 0 atom stereocenters. The molecule has 88 valence electrons. The third-order valence-electron chi connectivity index (χ3n) is 3.13. The Bertz CT molecular complexity index is 329. The van der Waals surface area contributed by atoms with Gasteiger partial charge in [0, 0.05) is 6.54 Å². The van der Waals surface area contributed by atoms with Gasteiger partial charge >= 0.3 is 0 Å². The SMILES string of the molecule is CN1CCC(CNC(=O)c2cccs2)CC1. The van der Waals surface area contributed by atoms with Crippen LogP contribution in [-0.2, 0) is 0 Å². The Hall–Kier alpha value is -0.870. The molecule has 1 aliphatic heterocycles. The van der Waals surface area contributed by atoms with Crippen LogP contribution in [0.4, 0.5) is 0 Å². The molecule has 4 heteroatoms. The molecule has 1 fully saturated rings. The van der Waals surface area contributed by atoms with E-state index in [-0.39, 0.29) is 5.91 Å². The molecule has 2 heterocycles. The highest BCUT2D eigenvalue weighted by molar-refractivity contribution is 7.12. The number of thiophene rings is 1. The summed E-state index contributed by atoms with van der Waals surface area (Å²) in [5, 5.41) is 4.96. The van der Waals surface area contributed by atoms with E-state index < -0.39 is 0 Å². The number of piperidine rings is 1. The molecule has 0 aliphatic carbocycles. The van der Waals surface area contributed by atoms with E-state index in [1.54, 1.807) is 0 Å². The summed E-state index contributed by atoms with van der Waals surface area (Å²) in [6.07, 6.45) is 2.39. The molecular weight excluding hydrogens is 220 g/mol. The number of nitrogens with zero attached hydrogens (tertiary/aromatic N) is 1. The molecule has 0 unspecified atom stereocenters. The van der Waals surface area contributed by atoms with Crippen LogP contribution in [0.3, 0.4) is 0 Å². The summed E-state index contributed by atoms with van der Waals surface area (Å²) >= 11 is 1.50. The molecule has 1 aliphatic rings. The van der Waals surface area contributed by atoms with E-state index >= 15 is 0 Å². The predicted octanol–water partition coefficient (Wildman–Crippen LogP) is 1.82. The van der Waals surface area contributed by atoms with Crippen molar-refractivity contribution in [3.05, 3.63) is 22.4 Å². The minimum absolute atomic E-state index is 0.0777. The molecule has 3 nitrogen and oxygen atoms in total. The molecule has 0 saturated carbocycles. The first-order valence-corrected chi connectivity index (χ1v) is 6.64. The average Bonchev–Trinajstić information content (AvgIpc) is 2.81. The first-order valence-electron chi connectivity index (χ1n) is 5.76. The van der Waals surface area contributed by atoms with Gasteiger partial charge in [0.1, 0.15) is 0 Å². The van der Waals surface area contributed by atoms with Gasteiger partial charge in [0.05, 0.1) is 4.88 Å². The fourth-order valence-corrected chi connectivity index (χ4v) is 2.64. The summed E-state index contributed by atoms with van der Waals surface area (Å²) in [5.41, 5.74) is 0. The monoisotopic (exact) mass is 238 g/mol. The zero-order valence-corrected chi connectivity index (χ0v) is 10.4. The van der Waals surface area contributed by atoms with Crippen LogP contribution in [0.5, 0.6) is 0 Å². The largest absolute Gasteiger partial charge is 0.351 e. The van der Waals surface area contributed by atoms with Crippen molar-refractivity contribution in [2.75, 3.05) is 26.7 Å². The first-order chi connectivity index (χ1) is 7.75. The Morgan fingerprint density at radius 2 is 2.31 bits per heavy atom. The fraction of sp³-hybridized carbons (Fsp3) is 0.583. The summed E-state index contributed by atoms with van der Waals surface area (Å²) in [6.45, 7) is 3.13. The number of nitrogens with one attached hydrogen (secondary N) is 1. The normalized spacial score (nSPS) is 18.6.